The second-order valence-electron chi connectivity index (χ2n) is 11.7. The molecule has 0 saturated carbocycles. The van der Waals surface area contributed by atoms with Crippen LogP contribution in [-0.4, -0.2) is 32.4 Å². The monoisotopic (exact) mass is 522 g/mol. The third-order valence-electron chi connectivity index (χ3n) is 6.79. The van der Waals surface area contributed by atoms with Gasteiger partial charge in [0.15, 0.2) is 22.4 Å². The molecule has 0 unspecified atom stereocenters. The first-order valence-electron chi connectivity index (χ1n) is 11.7. The summed E-state index contributed by atoms with van der Waals surface area (Å²) in [5.41, 5.74) is 2.60. The lowest BCUT2D eigenvalue weighted by atomic mass is 10.2. The van der Waals surface area contributed by atoms with Crippen LogP contribution < -0.4 is 0 Å². The summed E-state index contributed by atoms with van der Waals surface area (Å²) in [5, 5.41) is 0.975. The highest BCUT2D eigenvalue weighted by atomic mass is 35.5. The molecule has 2 heterocycles. The molecule has 0 aromatic carbocycles. The summed E-state index contributed by atoms with van der Waals surface area (Å²) in [6.07, 6.45) is 3.50. The Bertz CT molecular complexity index is 917. The molecular formula is C26H43ClN2O3Si2. The van der Waals surface area contributed by atoms with Crippen molar-refractivity contribution in [2.45, 2.75) is 97.9 Å². The SMILES string of the molecule is CC(=O)c1ccc(CO[Si](C)(C)C(C)(C)C)cn1.CC(C)(C)[Si](C)(C)OCc1ccc(Cl)nc1. The van der Waals surface area contributed by atoms with Crippen molar-refractivity contribution >= 4 is 34.0 Å². The molecule has 0 aliphatic heterocycles. The van der Waals surface area contributed by atoms with E-state index in [0.29, 0.717) is 24.1 Å². The second-order valence-corrected chi connectivity index (χ2v) is 21.7. The molecule has 0 radical (unpaired) electrons. The highest BCUT2D eigenvalue weighted by Crippen LogP contribution is 2.37. The van der Waals surface area contributed by atoms with Gasteiger partial charge >= 0.3 is 0 Å². The molecule has 2 rings (SSSR count). The van der Waals surface area contributed by atoms with Crippen LogP contribution in [-0.2, 0) is 22.1 Å². The van der Waals surface area contributed by atoms with Crippen molar-refractivity contribution in [3.8, 4) is 0 Å². The Morgan fingerprint density at radius 1 is 0.794 bits per heavy atom. The summed E-state index contributed by atoms with van der Waals surface area (Å²) in [5.74, 6) is -0.00753. The van der Waals surface area contributed by atoms with Crippen molar-refractivity contribution in [1.29, 1.82) is 0 Å². The van der Waals surface area contributed by atoms with Gasteiger partial charge in [0.25, 0.3) is 0 Å². The number of hydrogen-bond acceptors (Lipinski definition) is 5. The van der Waals surface area contributed by atoms with Gasteiger partial charge in [-0.3, -0.25) is 9.78 Å². The fraction of sp³-hybridized carbons (Fsp3) is 0.577. The van der Waals surface area contributed by atoms with E-state index in [2.05, 4.69) is 77.7 Å². The summed E-state index contributed by atoms with van der Waals surface area (Å²) in [4.78, 5) is 19.3. The van der Waals surface area contributed by atoms with E-state index in [0.717, 1.165) is 11.1 Å². The number of carbonyl (C=O) groups is 1. The number of carbonyl (C=O) groups excluding carboxylic acids is 1. The fourth-order valence-corrected chi connectivity index (χ4v) is 4.20. The lowest BCUT2D eigenvalue weighted by Gasteiger charge is -2.36. The van der Waals surface area contributed by atoms with Gasteiger partial charge in [0.05, 0.1) is 13.2 Å². The van der Waals surface area contributed by atoms with Crippen molar-refractivity contribution in [2.75, 3.05) is 0 Å². The topological polar surface area (TPSA) is 61.3 Å². The Morgan fingerprint density at radius 2 is 1.21 bits per heavy atom. The molecule has 190 valence electrons. The second kappa shape index (κ2) is 12.0. The van der Waals surface area contributed by atoms with Crippen molar-refractivity contribution in [2.24, 2.45) is 0 Å². The normalized spacial score (nSPS) is 12.7. The number of aromatic nitrogens is 2. The van der Waals surface area contributed by atoms with Crippen LogP contribution in [0.15, 0.2) is 36.7 Å². The van der Waals surface area contributed by atoms with Crippen LogP contribution in [0.1, 0.15) is 70.1 Å². The van der Waals surface area contributed by atoms with Crippen molar-refractivity contribution in [3.63, 3.8) is 0 Å². The zero-order valence-electron chi connectivity index (χ0n) is 22.9. The Morgan fingerprint density at radius 3 is 1.50 bits per heavy atom. The summed E-state index contributed by atoms with van der Waals surface area (Å²) in [6.45, 7) is 25.0. The van der Waals surface area contributed by atoms with E-state index in [-0.39, 0.29) is 15.9 Å². The predicted octanol–water partition coefficient (Wildman–Crippen LogP) is 8.06. The van der Waals surface area contributed by atoms with Gasteiger partial charge in [0.2, 0.25) is 0 Å². The van der Waals surface area contributed by atoms with Crippen molar-refractivity contribution < 1.29 is 13.6 Å². The summed E-state index contributed by atoms with van der Waals surface area (Å²) in [7, 11) is -3.38. The average Bonchev–Trinajstić information content (AvgIpc) is 2.71. The van der Waals surface area contributed by atoms with E-state index in [1.165, 1.54) is 6.92 Å². The molecule has 0 fully saturated rings. The molecule has 0 amide bonds. The molecule has 5 nitrogen and oxygen atoms in total. The minimum absolute atomic E-state index is 0.00753. The van der Waals surface area contributed by atoms with Crippen LogP contribution in [0.3, 0.4) is 0 Å². The van der Waals surface area contributed by atoms with E-state index < -0.39 is 16.6 Å². The van der Waals surface area contributed by atoms with Crippen LogP contribution in [0.25, 0.3) is 0 Å². The molecule has 0 spiro atoms. The largest absolute Gasteiger partial charge is 0.413 e. The van der Waals surface area contributed by atoms with E-state index >= 15 is 0 Å². The predicted molar refractivity (Wildman–Crippen MR) is 147 cm³/mol. The summed E-state index contributed by atoms with van der Waals surface area (Å²) < 4.78 is 12.2. The molecule has 8 heteroatoms. The number of pyridine rings is 2. The minimum Gasteiger partial charge on any atom is -0.413 e. The Balaban J connectivity index is 0.000000342. The standard InChI is InChI=1S/C14H23NO2Si.C12H20ClNOSi/c1-11(16)13-8-7-12(9-15-13)10-17-18(5,6)14(2,3)4;1-12(2,3)16(4,5)15-9-10-6-7-11(13)14-8-10/h7-9H,10H2,1-6H3;6-8H,9H2,1-5H3. The zero-order chi connectivity index (χ0) is 26.4. The molecular weight excluding hydrogens is 480 g/mol. The quantitative estimate of drug-likeness (QED) is 0.209. The fourth-order valence-electron chi connectivity index (χ4n) is 2.17. The minimum atomic E-state index is -1.72. The molecule has 34 heavy (non-hydrogen) atoms. The highest BCUT2D eigenvalue weighted by Gasteiger charge is 2.37. The first-order chi connectivity index (χ1) is 15.4. The number of hydrogen-bond donors (Lipinski definition) is 0. The van der Waals surface area contributed by atoms with Gasteiger partial charge in [0, 0.05) is 19.3 Å². The summed E-state index contributed by atoms with van der Waals surface area (Å²) in [6, 6.07) is 7.43. The maximum atomic E-state index is 11.1. The maximum Gasteiger partial charge on any atom is 0.192 e. The number of rotatable bonds is 7. The highest BCUT2D eigenvalue weighted by molar-refractivity contribution is 6.74. The number of ketones is 1. The lowest BCUT2D eigenvalue weighted by Crippen LogP contribution is -2.40. The zero-order valence-corrected chi connectivity index (χ0v) is 25.6. The molecule has 2 aromatic heterocycles. The van der Waals surface area contributed by atoms with Crippen LogP contribution in [0.5, 0.6) is 0 Å². The van der Waals surface area contributed by atoms with E-state index in [4.69, 9.17) is 20.5 Å². The van der Waals surface area contributed by atoms with Gasteiger partial charge in [-0.15, -0.1) is 0 Å². The maximum absolute atomic E-state index is 11.1. The molecule has 0 bridgehead atoms. The molecule has 0 atom stereocenters. The first kappa shape index (κ1) is 30.6. The van der Waals surface area contributed by atoms with E-state index in [1.807, 2.05) is 12.1 Å². The molecule has 0 aliphatic carbocycles. The van der Waals surface area contributed by atoms with E-state index in [1.54, 1.807) is 24.5 Å². The van der Waals surface area contributed by atoms with Gasteiger partial charge in [-0.2, -0.15) is 0 Å². The van der Waals surface area contributed by atoms with Crippen LogP contribution in [0.2, 0.25) is 41.4 Å². The Labute approximate surface area is 213 Å². The number of Topliss-reactive ketones (excluding diaryl/α,β-unsaturated/α-hetero) is 1. The van der Waals surface area contributed by atoms with Gasteiger partial charge < -0.3 is 8.85 Å². The average molecular weight is 523 g/mol. The Hall–Kier alpha value is -1.39. The van der Waals surface area contributed by atoms with Gasteiger partial charge in [-0.1, -0.05) is 65.3 Å². The Kier molecular flexibility index (Phi) is 10.8. The third kappa shape index (κ3) is 9.70. The molecule has 0 saturated heterocycles. The van der Waals surface area contributed by atoms with Gasteiger partial charge in [0.1, 0.15) is 10.8 Å². The van der Waals surface area contributed by atoms with Gasteiger partial charge in [-0.25, -0.2) is 4.98 Å². The number of halogens is 1. The molecule has 0 N–H and O–H groups in total. The van der Waals surface area contributed by atoms with Crippen LogP contribution in [0.4, 0.5) is 0 Å². The van der Waals surface area contributed by atoms with E-state index in [9.17, 15) is 4.79 Å². The summed E-state index contributed by atoms with van der Waals surface area (Å²) >= 11 is 5.73. The molecule has 0 aliphatic rings. The third-order valence-corrected chi connectivity index (χ3v) is 16.0. The molecule has 2 aromatic rings. The number of nitrogens with zero attached hydrogens (tertiary/aromatic N) is 2. The van der Waals surface area contributed by atoms with Gasteiger partial charge in [-0.05, 0) is 59.5 Å². The van der Waals surface area contributed by atoms with Crippen LogP contribution in [0, 0.1) is 0 Å². The lowest BCUT2D eigenvalue weighted by molar-refractivity contribution is 0.101. The van der Waals surface area contributed by atoms with Crippen molar-refractivity contribution in [1.82, 2.24) is 9.97 Å². The van der Waals surface area contributed by atoms with Crippen molar-refractivity contribution in [3.05, 3.63) is 58.6 Å². The first-order valence-corrected chi connectivity index (χ1v) is 17.9. The smallest absolute Gasteiger partial charge is 0.192 e. The van der Waals surface area contributed by atoms with Crippen LogP contribution >= 0.6 is 11.6 Å².